The predicted octanol–water partition coefficient (Wildman–Crippen LogP) is 4.33. The van der Waals surface area contributed by atoms with Gasteiger partial charge >= 0.3 is 12.3 Å². The zero-order valence-electron chi connectivity index (χ0n) is 15.0. The van der Waals surface area contributed by atoms with Crippen molar-refractivity contribution >= 4 is 6.09 Å². The van der Waals surface area contributed by atoms with Crippen LogP contribution in [0, 0.1) is 5.82 Å². The second-order valence-electron chi connectivity index (χ2n) is 5.80. The fraction of sp³-hybridized carbons (Fsp3) is 0.158. The largest absolute Gasteiger partial charge is 0.496 e. The zero-order valence-corrected chi connectivity index (χ0v) is 15.0. The number of halogens is 4. The van der Waals surface area contributed by atoms with Crippen molar-refractivity contribution in [2.75, 3.05) is 7.11 Å². The molecule has 3 aromatic rings. The first-order valence-electron chi connectivity index (χ1n) is 8.28. The lowest BCUT2D eigenvalue weighted by Crippen LogP contribution is -2.27. The number of carbonyl (C=O) groups excluding carboxylic acids is 1. The molecule has 0 aliphatic carbocycles. The van der Waals surface area contributed by atoms with Gasteiger partial charge in [-0.2, -0.15) is 18.3 Å². The van der Waals surface area contributed by atoms with E-state index in [2.05, 4.69) is 10.4 Å². The molecule has 152 valence electrons. The molecule has 2 aromatic carbocycles. The molecule has 1 heterocycles. The van der Waals surface area contributed by atoms with Crippen LogP contribution in [0.1, 0.15) is 11.3 Å². The van der Waals surface area contributed by atoms with Crippen molar-refractivity contribution in [1.29, 1.82) is 0 Å². The number of rotatable bonds is 5. The van der Waals surface area contributed by atoms with Crippen LogP contribution in [0.4, 0.5) is 22.4 Å². The molecule has 1 amide bonds. The van der Waals surface area contributed by atoms with Gasteiger partial charge in [0, 0.05) is 12.1 Å². The van der Waals surface area contributed by atoms with E-state index < -0.39 is 29.5 Å². The minimum Gasteiger partial charge on any atom is -0.496 e. The van der Waals surface area contributed by atoms with Gasteiger partial charge in [0.1, 0.15) is 11.6 Å². The van der Waals surface area contributed by atoms with Crippen molar-refractivity contribution in [1.82, 2.24) is 15.1 Å². The van der Waals surface area contributed by atoms with E-state index >= 15 is 0 Å². The summed E-state index contributed by atoms with van der Waals surface area (Å²) in [6.07, 6.45) is -5.20. The maximum atomic E-state index is 13.5. The van der Waals surface area contributed by atoms with Gasteiger partial charge in [-0.3, -0.25) is 0 Å². The van der Waals surface area contributed by atoms with Gasteiger partial charge in [0.25, 0.3) is 0 Å². The van der Waals surface area contributed by atoms with E-state index in [0.29, 0.717) is 16.0 Å². The molecule has 3 rings (SSSR count). The molecule has 0 aliphatic rings. The van der Waals surface area contributed by atoms with Crippen molar-refractivity contribution in [3.8, 4) is 17.2 Å². The summed E-state index contributed by atoms with van der Waals surface area (Å²) in [6, 6.07) is 11.1. The van der Waals surface area contributed by atoms with Crippen molar-refractivity contribution in [3.05, 3.63) is 71.8 Å². The summed E-state index contributed by atoms with van der Waals surface area (Å²) in [5, 5.41) is 5.99. The predicted molar refractivity (Wildman–Crippen MR) is 94.4 cm³/mol. The molecule has 0 saturated carbocycles. The summed E-state index contributed by atoms with van der Waals surface area (Å²) < 4.78 is 64.2. The number of amides is 1. The van der Waals surface area contributed by atoms with Gasteiger partial charge in [-0.1, -0.05) is 18.2 Å². The molecule has 0 spiro atoms. The van der Waals surface area contributed by atoms with Crippen LogP contribution in [0.3, 0.4) is 0 Å². The monoisotopic (exact) mass is 409 g/mol. The Kier molecular flexibility index (Phi) is 5.71. The molecule has 10 heteroatoms. The number of carbonyl (C=O) groups is 1. The van der Waals surface area contributed by atoms with Gasteiger partial charge in [0.05, 0.1) is 19.0 Å². The average Bonchev–Trinajstić information content (AvgIpc) is 3.11. The fourth-order valence-electron chi connectivity index (χ4n) is 2.60. The Morgan fingerprint density at radius 3 is 2.45 bits per heavy atom. The number of aromatic nitrogens is 2. The Labute approximate surface area is 162 Å². The molecule has 29 heavy (non-hydrogen) atoms. The maximum absolute atomic E-state index is 13.5. The van der Waals surface area contributed by atoms with E-state index in [1.54, 1.807) is 24.3 Å². The second kappa shape index (κ2) is 8.21. The Morgan fingerprint density at radius 2 is 1.79 bits per heavy atom. The third-order valence-electron chi connectivity index (χ3n) is 3.89. The van der Waals surface area contributed by atoms with Crippen LogP contribution in [0.15, 0.2) is 54.7 Å². The normalized spacial score (nSPS) is 11.2. The molecule has 0 saturated heterocycles. The van der Waals surface area contributed by atoms with E-state index in [4.69, 9.17) is 9.47 Å². The van der Waals surface area contributed by atoms with Crippen LogP contribution < -0.4 is 14.8 Å². The van der Waals surface area contributed by atoms with Gasteiger partial charge in [-0.25, -0.2) is 13.9 Å². The van der Waals surface area contributed by atoms with Crippen LogP contribution in [0.2, 0.25) is 0 Å². The van der Waals surface area contributed by atoms with Gasteiger partial charge < -0.3 is 14.8 Å². The van der Waals surface area contributed by atoms with Gasteiger partial charge in [-0.15, -0.1) is 0 Å². The molecule has 6 nitrogen and oxygen atoms in total. The molecule has 0 radical (unpaired) electrons. The standard InChI is InChI=1S/C19H15F4N3O3/c1-28-15-5-3-2-4-12(15)10-24-18(27)29-16-11-25-26(17(16)19(21,22)23)14-8-6-13(20)7-9-14/h2-9,11H,10H2,1H3,(H,24,27). The molecule has 1 aromatic heterocycles. The lowest BCUT2D eigenvalue weighted by molar-refractivity contribution is -0.143. The van der Waals surface area contributed by atoms with Gasteiger partial charge in [-0.05, 0) is 30.3 Å². The summed E-state index contributed by atoms with van der Waals surface area (Å²) in [5.41, 5.74) is -0.718. The molecule has 0 fully saturated rings. The first-order valence-corrected chi connectivity index (χ1v) is 8.28. The van der Waals surface area contributed by atoms with Crippen molar-refractivity contribution < 1.29 is 31.8 Å². The molecule has 0 bridgehead atoms. The number of benzene rings is 2. The highest BCUT2D eigenvalue weighted by Crippen LogP contribution is 2.37. The molecular weight excluding hydrogens is 394 g/mol. The number of nitrogens with zero attached hydrogens (tertiary/aromatic N) is 2. The van der Waals surface area contributed by atoms with Crippen LogP contribution in [-0.2, 0) is 12.7 Å². The van der Waals surface area contributed by atoms with Crippen molar-refractivity contribution in [2.45, 2.75) is 12.7 Å². The average molecular weight is 409 g/mol. The maximum Gasteiger partial charge on any atom is 0.437 e. The molecule has 1 N–H and O–H groups in total. The van der Waals surface area contributed by atoms with E-state index in [1.165, 1.54) is 7.11 Å². The fourth-order valence-corrected chi connectivity index (χ4v) is 2.60. The molecule has 0 atom stereocenters. The molecular formula is C19H15F4N3O3. The molecule has 0 aliphatic heterocycles. The topological polar surface area (TPSA) is 65.4 Å². The summed E-state index contributed by atoms with van der Waals surface area (Å²) in [7, 11) is 1.45. The van der Waals surface area contributed by atoms with Gasteiger partial charge in [0.15, 0.2) is 11.4 Å². The van der Waals surface area contributed by atoms with E-state index in [9.17, 15) is 22.4 Å². The lowest BCUT2D eigenvalue weighted by atomic mass is 10.2. The Balaban J connectivity index is 1.80. The Bertz CT molecular complexity index is 1000. The minimum atomic E-state index is -4.87. The number of methoxy groups -OCH3 is 1. The lowest BCUT2D eigenvalue weighted by Gasteiger charge is -2.13. The van der Waals surface area contributed by atoms with Gasteiger partial charge in [0.2, 0.25) is 0 Å². The Morgan fingerprint density at radius 1 is 1.10 bits per heavy atom. The quantitative estimate of drug-likeness (QED) is 0.638. The second-order valence-corrected chi connectivity index (χ2v) is 5.80. The smallest absolute Gasteiger partial charge is 0.437 e. The molecule has 0 unspecified atom stereocenters. The van der Waals surface area contributed by atoms with Crippen molar-refractivity contribution in [3.63, 3.8) is 0 Å². The number of ether oxygens (including phenoxy) is 2. The van der Waals surface area contributed by atoms with Crippen molar-refractivity contribution in [2.24, 2.45) is 0 Å². The van der Waals surface area contributed by atoms with Crippen LogP contribution in [0.25, 0.3) is 5.69 Å². The highest BCUT2D eigenvalue weighted by atomic mass is 19.4. The van der Waals surface area contributed by atoms with E-state index in [1.807, 2.05) is 0 Å². The number of nitrogens with one attached hydrogen (secondary N) is 1. The number of para-hydroxylation sites is 1. The SMILES string of the molecule is COc1ccccc1CNC(=O)Oc1cnn(-c2ccc(F)cc2)c1C(F)(F)F. The highest BCUT2D eigenvalue weighted by molar-refractivity contribution is 5.71. The minimum absolute atomic E-state index is 0.0176. The highest BCUT2D eigenvalue weighted by Gasteiger charge is 2.40. The number of hydrogen-bond donors (Lipinski definition) is 1. The number of hydrogen-bond acceptors (Lipinski definition) is 4. The van der Waals surface area contributed by atoms with Crippen LogP contribution in [-0.4, -0.2) is 23.0 Å². The first-order chi connectivity index (χ1) is 13.8. The third-order valence-corrected chi connectivity index (χ3v) is 3.89. The number of alkyl halides is 3. The zero-order chi connectivity index (χ0) is 21.0. The first kappa shape index (κ1) is 20.2. The van der Waals surface area contributed by atoms with Crippen LogP contribution >= 0.6 is 0 Å². The van der Waals surface area contributed by atoms with E-state index in [0.717, 1.165) is 30.5 Å². The summed E-state index contributed by atoms with van der Waals surface area (Å²) >= 11 is 0. The van der Waals surface area contributed by atoms with E-state index in [-0.39, 0.29) is 12.2 Å². The Hall–Kier alpha value is -3.56. The third kappa shape index (κ3) is 4.65. The summed E-state index contributed by atoms with van der Waals surface area (Å²) in [4.78, 5) is 12.0. The summed E-state index contributed by atoms with van der Waals surface area (Å²) in [6.45, 7) is -0.0176. The van der Waals surface area contributed by atoms with Crippen LogP contribution in [0.5, 0.6) is 11.5 Å². The summed E-state index contributed by atoms with van der Waals surface area (Å²) in [5.74, 6) is -0.881.